The third-order valence-electron chi connectivity index (χ3n) is 7.75. The Morgan fingerprint density at radius 1 is 0.781 bits per heavy atom. The van der Waals surface area contributed by atoms with Crippen LogP contribution in [0.2, 0.25) is 0 Å². The van der Waals surface area contributed by atoms with Gasteiger partial charge in [-0.3, -0.25) is 19.3 Å². The maximum Gasteiger partial charge on any atom is 0.192 e. The van der Waals surface area contributed by atoms with E-state index in [2.05, 4.69) is 15.9 Å². The van der Waals surface area contributed by atoms with Gasteiger partial charge in [-0.1, -0.05) is 76.6 Å². The molecule has 1 fully saturated rings. The second kappa shape index (κ2) is 6.56. The van der Waals surface area contributed by atoms with Gasteiger partial charge < -0.3 is 0 Å². The average molecular weight is 486 g/mol. The zero-order valence-electron chi connectivity index (χ0n) is 17.5. The fourth-order valence-electron chi connectivity index (χ4n) is 6.46. The predicted molar refractivity (Wildman–Crippen MR) is 124 cm³/mol. The van der Waals surface area contributed by atoms with E-state index in [1.165, 1.54) is 0 Å². The Morgan fingerprint density at radius 2 is 1.34 bits per heavy atom. The molecule has 3 aromatic carbocycles. The van der Waals surface area contributed by atoms with E-state index in [0.29, 0.717) is 29.7 Å². The summed E-state index contributed by atoms with van der Waals surface area (Å²) >= 11 is 3.49. The van der Waals surface area contributed by atoms with E-state index in [9.17, 15) is 14.4 Å². The Hall–Kier alpha value is -2.89. The van der Waals surface area contributed by atoms with Gasteiger partial charge in [0.2, 0.25) is 0 Å². The molecule has 1 saturated heterocycles. The van der Waals surface area contributed by atoms with Gasteiger partial charge in [0.15, 0.2) is 22.9 Å². The lowest BCUT2D eigenvalue weighted by atomic mass is 9.59. The van der Waals surface area contributed by atoms with Crippen molar-refractivity contribution >= 4 is 33.3 Å². The lowest BCUT2D eigenvalue weighted by molar-refractivity contribution is 0.0340. The first-order valence-electron chi connectivity index (χ1n) is 10.7. The summed E-state index contributed by atoms with van der Waals surface area (Å²) in [5.41, 5.74) is 0.617. The first kappa shape index (κ1) is 19.8. The maximum atomic E-state index is 14.3. The fourth-order valence-corrected chi connectivity index (χ4v) is 6.72. The third-order valence-corrected chi connectivity index (χ3v) is 8.28. The number of ketones is 3. The van der Waals surface area contributed by atoms with Crippen molar-refractivity contribution in [3.63, 3.8) is 0 Å². The number of fused-ring (bicyclic) bond motifs is 3. The number of hydrogen-bond donors (Lipinski definition) is 0. The van der Waals surface area contributed by atoms with E-state index in [4.69, 9.17) is 0 Å². The number of hydrogen-bond acceptors (Lipinski definition) is 4. The molecular formula is C27H20BrNO3. The van der Waals surface area contributed by atoms with E-state index in [1.54, 1.807) is 24.3 Å². The number of rotatable bonds is 1. The summed E-state index contributed by atoms with van der Waals surface area (Å²) in [6, 6.07) is 22.4. The normalized spacial score (nSPS) is 25.7. The molecule has 32 heavy (non-hydrogen) atoms. The molecule has 1 aliphatic heterocycles. The molecule has 0 unspecified atom stereocenters. The van der Waals surface area contributed by atoms with Gasteiger partial charge in [-0.25, -0.2) is 0 Å². The highest BCUT2D eigenvalue weighted by Crippen LogP contribution is 2.63. The molecule has 0 bridgehead atoms. The Kier molecular flexibility index (Phi) is 4.05. The third kappa shape index (κ3) is 2.13. The number of benzene rings is 3. The van der Waals surface area contributed by atoms with Crippen LogP contribution in [0.4, 0.5) is 0 Å². The highest BCUT2D eigenvalue weighted by Gasteiger charge is 2.77. The Morgan fingerprint density at radius 3 is 1.94 bits per heavy atom. The van der Waals surface area contributed by atoms with Crippen LogP contribution in [0, 0.1) is 5.41 Å². The van der Waals surface area contributed by atoms with Crippen LogP contribution in [0.5, 0.6) is 0 Å². The lowest BCUT2D eigenvalue weighted by Crippen LogP contribution is -2.63. The molecule has 5 heteroatoms. The van der Waals surface area contributed by atoms with E-state index in [-0.39, 0.29) is 23.3 Å². The molecule has 3 aromatic rings. The van der Waals surface area contributed by atoms with Crippen LogP contribution in [-0.2, 0) is 6.42 Å². The van der Waals surface area contributed by atoms with E-state index < -0.39 is 11.0 Å². The van der Waals surface area contributed by atoms with Crippen LogP contribution in [0.1, 0.15) is 48.1 Å². The van der Waals surface area contributed by atoms with E-state index in [1.807, 2.05) is 60.5 Å². The molecule has 0 saturated carbocycles. The summed E-state index contributed by atoms with van der Waals surface area (Å²) in [5.74, 6) is -0.884. The lowest BCUT2D eigenvalue weighted by Gasteiger charge is -2.42. The van der Waals surface area contributed by atoms with E-state index in [0.717, 1.165) is 15.6 Å². The van der Waals surface area contributed by atoms with Gasteiger partial charge in [-0.15, -0.1) is 0 Å². The molecule has 158 valence electrons. The number of halogens is 1. The molecule has 2 aliphatic carbocycles. The smallest absolute Gasteiger partial charge is 0.192 e. The van der Waals surface area contributed by atoms with Crippen molar-refractivity contribution in [3.05, 3.63) is 105 Å². The van der Waals surface area contributed by atoms with Crippen LogP contribution in [0.15, 0.2) is 77.3 Å². The van der Waals surface area contributed by atoms with Gasteiger partial charge in [0.05, 0.1) is 5.41 Å². The largest absolute Gasteiger partial charge is 0.293 e. The number of Topliss-reactive ketones (excluding diaryl/α,β-unsaturated/α-hetero) is 3. The Bertz CT molecular complexity index is 1290. The van der Waals surface area contributed by atoms with E-state index >= 15 is 0 Å². The monoisotopic (exact) mass is 485 g/mol. The Balaban J connectivity index is 1.66. The van der Waals surface area contributed by atoms with Crippen LogP contribution < -0.4 is 0 Å². The van der Waals surface area contributed by atoms with Crippen molar-refractivity contribution in [2.45, 2.75) is 17.9 Å². The minimum atomic E-state index is -1.54. The topological polar surface area (TPSA) is 54.5 Å². The molecule has 6 rings (SSSR count). The molecule has 2 atom stereocenters. The van der Waals surface area contributed by atoms with Crippen molar-refractivity contribution < 1.29 is 14.4 Å². The number of carbonyl (C=O) groups is 3. The minimum Gasteiger partial charge on any atom is -0.293 e. The highest BCUT2D eigenvalue weighted by atomic mass is 79.9. The van der Waals surface area contributed by atoms with Crippen LogP contribution in [0.3, 0.4) is 0 Å². The SMILES string of the molecule is CN1C[C@@H](c2ccc(Br)cc2)[C@@]2(Cc3ccccc3C2=O)C12C(=O)c1ccccc1C2=O. The van der Waals surface area contributed by atoms with Crippen molar-refractivity contribution in [2.75, 3.05) is 13.6 Å². The van der Waals surface area contributed by atoms with Crippen molar-refractivity contribution in [1.82, 2.24) is 4.90 Å². The van der Waals surface area contributed by atoms with Gasteiger partial charge in [-0.05, 0) is 36.7 Å². The molecule has 0 aromatic heterocycles. The van der Waals surface area contributed by atoms with Gasteiger partial charge in [-0.2, -0.15) is 0 Å². The summed E-state index contributed by atoms with van der Waals surface area (Å²) in [5, 5.41) is 0. The molecule has 0 amide bonds. The number of likely N-dealkylation sites (tertiary alicyclic amines) is 1. The van der Waals surface area contributed by atoms with Gasteiger partial charge >= 0.3 is 0 Å². The number of carbonyl (C=O) groups excluding carboxylic acids is 3. The minimum absolute atomic E-state index is 0.0973. The number of likely N-dealkylation sites (N-methyl/N-ethyl adjacent to an activating group) is 1. The maximum absolute atomic E-state index is 14.3. The summed E-state index contributed by atoms with van der Waals surface area (Å²) < 4.78 is 0.942. The summed E-state index contributed by atoms with van der Waals surface area (Å²) in [4.78, 5) is 44.4. The van der Waals surface area contributed by atoms with Crippen molar-refractivity contribution in [2.24, 2.45) is 5.41 Å². The molecule has 1 heterocycles. The van der Waals surface area contributed by atoms with Gasteiger partial charge in [0.25, 0.3) is 0 Å². The fraction of sp³-hybridized carbons (Fsp3) is 0.222. The first-order chi connectivity index (χ1) is 15.4. The van der Waals surface area contributed by atoms with Crippen molar-refractivity contribution in [3.8, 4) is 0 Å². The first-order valence-corrected chi connectivity index (χ1v) is 11.5. The quantitative estimate of drug-likeness (QED) is 0.468. The summed E-state index contributed by atoms with van der Waals surface area (Å²) in [6.07, 6.45) is 0.374. The summed E-state index contributed by atoms with van der Waals surface area (Å²) in [6.45, 7) is 0.451. The number of nitrogens with zero attached hydrogens (tertiary/aromatic N) is 1. The van der Waals surface area contributed by atoms with Gasteiger partial charge in [0, 0.05) is 33.6 Å². The Labute approximate surface area is 194 Å². The molecule has 2 spiro atoms. The second-order valence-corrected chi connectivity index (χ2v) is 9.95. The zero-order valence-corrected chi connectivity index (χ0v) is 19.1. The highest BCUT2D eigenvalue weighted by molar-refractivity contribution is 9.10. The molecule has 0 radical (unpaired) electrons. The van der Waals surface area contributed by atoms with Crippen molar-refractivity contribution in [1.29, 1.82) is 0 Å². The molecule has 4 nitrogen and oxygen atoms in total. The predicted octanol–water partition coefficient (Wildman–Crippen LogP) is 4.72. The molecule has 3 aliphatic rings. The molecular weight excluding hydrogens is 466 g/mol. The van der Waals surface area contributed by atoms with Crippen LogP contribution in [0.25, 0.3) is 0 Å². The zero-order chi connectivity index (χ0) is 22.3. The molecule has 0 N–H and O–H groups in total. The van der Waals surface area contributed by atoms with Crippen LogP contribution in [-0.4, -0.2) is 41.4 Å². The average Bonchev–Trinajstić information content (AvgIpc) is 3.34. The second-order valence-electron chi connectivity index (χ2n) is 9.03. The standard InChI is InChI=1S/C27H20BrNO3/c1-29-15-22(16-10-12-18(28)13-11-16)26(14-17-6-2-3-7-19(17)23(26)30)27(29)24(31)20-8-4-5-9-21(20)25(27)32/h2-13,22H,14-15H2,1H3/t22-,26+/m0/s1. The summed E-state index contributed by atoms with van der Waals surface area (Å²) in [7, 11) is 1.82. The van der Waals surface area contributed by atoms with Crippen LogP contribution >= 0.6 is 15.9 Å². The van der Waals surface area contributed by atoms with Gasteiger partial charge in [0.1, 0.15) is 0 Å².